The number of nitrogens with zero attached hydrogens (tertiary/aromatic N) is 2. The van der Waals surface area contributed by atoms with Gasteiger partial charge in [0.15, 0.2) is 5.16 Å². The molecule has 3 nitrogen and oxygen atoms in total. The Morgan fingerprint density at radius 2 is 1.85 bits per heavy atom. The molecule has 0 aromatic carbocycles. The van der Waals surface area contributed by atoms with E-state index in [0.29, 0.717) is 5.41 Å². The number of imidazole rings is 1. The van der Waals surface area contributed by atoms with Gasteiger partial charge in [0.1, 0.15) is 0 Å². The summed E-state index contributed by atoms with van der Waals surface area (Å²) in [4.78, 5) is 4.47. The van der Waals surface area contributed by atoms with Crippen LogP contribution in [0.5, 0.6) is 0 Å². The van der Waals surface area contributed by atoms with Crippen molar-refractivity contribution in [2.24, 2.45) is 30.2 Å². The van der Waals surface area contributed by atoms with Gasteiger partial charge in [0.25, 0.3) is 0 Å². The Balaban J connectivity index is 1.47. The third kappa shape index (κ3) is 2.12. The summed E-state index contributed by atoms with van der Waals surface area (Å²) >= 11 is 1.91. The van der Waals surface area contributed by atoms with Crippen molar-refractivity contribution in [2.75, 3.05) is 5.75 Å². The van der Waals surface area contributed by atoms with Crippen LogP contribution in [0.1, 0.15) is 44.2 Å². The molecule has 1 heterocycles. The Labute approximate surface area is 125 Å². The van der Waals surface area contributed by atoms with Gasteiger partial charge in [-0.3, -0.25) is 0 Å². The van der Waals surface area contributed by atoms with Crippen LogP contribution in [0.25, 0.3) is 0 Å². The molecule has 110 valence electrons. The van der Waals surface area contributed by atoms with Gasteiger partial charge in [-0.1, -0.05) is 11.8 Å². The number of rotatable bonds is 4. The van der Waals surface area contributed by atoms with Crippen LogP contribution in [0.4, 0.5) is 0 Å². The molecule has 0 unspecified atom stereocenters. The fraction of sp³-hybridized carbons (Fsp3) is 0.812. The van der Waals surface area contributed by atoms with Gasteiger partial charge < -0.3 is 9.67 Å². The molecule has 0 spiro atoms. The van der Waals surface area contributed by atoms with Gasteiger partial charge in [0.2, 0.25) is 0 Å². The predicted molar refractivity (Wildman–Crippen MR) is 80.5 cm³/mol. The molecule has 4 aliphatic carbocycles. The minimum absolute atomic E-state index is 0.0847. The van der Waals surface area contributed by atoms with Crippen molar-refractivity contribution in [3.05, 3.63) is 11.9 Å². The van der Waals surface area contributed by atoms with E-state index in [2.05, 4.69) is 4.98 Å². The first-order chi connectivity index (χ1) is 9.67. The van der Waals surface area contributed by atoms with E-state index in [4.69, 9.17) is 0 Å². The Morgan fingerprint density at radius 3 is 2.35 bits per heavy atom. The molecular weight excluding hydrogens is 268 g/mol. The van der Waals surface area contributed by atoms with Crippen molar-refractivity contribution in [1.82, 2.24) is 9.55 Å². The monoisotopic (exact) mass is 292 g/mol. The molecule has 4 saturated carbocycles. The average molecular weight is 292 g/mol. The van der Waals surface area contributed by atoms with E-state index < -0.39 is 0 Å². The van der Waals surface area contributed by atoms with Crippen LogP contribution in [0, 0.1) is 23.2 Å². The SMILES string of the molecule is Cn1c(CO)cnc1SCC12CC3CC(CC(C3)C1)C2. The van der Waals surface area contributed by atoms with Crippen molar-refractivity contribution >= 4 is 11.8 Å². The van der Waals surface area contributed by atoms with Gasteiger partial charge >= 0.3 is 0 Å². The maximum atomic E-state index is 9.26. The number of hydrogen-bond acceptors (Lipinski definition) is 3. The smallest absolute Gasteiger partial charge is 0.167 e. The highest BCUT2D eigenvalue weighted by molar-refractivity contribution is 7.99. The van der Waals surface area contributed by atoms with E-state index in [1.807, 2.05) is 29.6 Å². The van der Waals surface area contributed by atoms with Crippen LogP contribution in [0.3, 0.4) is 0 Å². The van der Waals surface area contributed by atoms with Gasteiger partial charge in [0, 0.05) is 12.8 Å². The molecule has 5 rings (SSSR count). The minimum atomic E-state index is 0.0847. The molecule has 1 aromatic heterocycles. The number of aliphatic hydroxyl groups excluding tert-OH is 1. The molecule has 0 atom stereocenters. The number of hydrogen-bond donors (Lipinski definition) is 1. The first-order valence-corrected chi connectivity index (χ1v) is 8.90. The first kappa shape index (κ1) is 13.2. The lowest BCUT2D eigenvalue weighted by Gasteiger charge is -2.56. The molecule has 4 aliphatic rings. The molecule has 0 radical (unpaired) electrons. The molecule has 0 aliphatic heterocycles. The summed E-state index contributed by atoms with van der Waals surface area (Å²) < 4.78 is 2.05. The number of thioether (sulfide) groups is 1. The highest BCUT2D eigenvalue weighted by atomic mass is 32.2. The zero-order chi connectivity index (χ0) is 13.7. The predicted octanol–water partition coefficient (Wildman–Crippen LogP) is 3.22. The molecule has 1 N–H and O–H groups in total. The van der Waals surface area contributed by atoms with Gasteiger partial charge in [-0.2, -0.15) is 0 Å². The van der Waals surface area contributed by atoms with Gasteiger partial charge in [0.05, 0.1) is 18.5 Å². The standard InChI is InChI=1S/C16H24N2OS/c1-18-14(9-19)8-17-15(18)20-10-16-5-11-2-12(6-16)4-13(3-11)7-16/h8,11-13,19H,2-7,9-10H2,1H3. The maximum Gasteiger partial charge on any atom is 0.167 e. The van der Waals surface area contributed by atoms with E-state index in [1.54, 1.807) is 0 Å². The van der Waals surface area contributed by atoms with Crippen LogP contribution >= 0.6 is 11.8 Å². The molecule has 1 aromatic rings. The van der Waals surface area contributed by atoms with Crippen LogP contribution in [-0.2, 0) is 13.7 Å². The van der Waals surface area contributed by atoms with Crippen LogP contribution in [-0.4, -0.2) is 20.4 Å². The van der Waals surface area contributed by atoms with Crippen molar-refractivity contribution in [3.8, 4) is 0 Å². The fourth-order valence-electron chi connectivity index (χ4n) is 5.39. The minimum Gasteiger partial charge on any atom is -0.390 e. The maximum absolute atomic E-state index is 9.26. The Morgan fingerprint density at radius 1 is 1.25 bits per heavy atom. The van der Waals surface area contributed by atoms with Gasteiger partial charge in [-0.15, -0.1) is 0 Å². The highest BCUT2D eigenvalue weighted by Gasteiger charge is 2.50. The van der Waals surface area contributed by atoms with Crippen molar-refractivity contribution < 1.29 is 5.11 Å². The summed E-state index contributed by atoms with van der Waals surface area (Å²) in [5, 5.41) is 10.3. The van der Waals surface area contributed by atoms with E-state index in [1.165, 1.54) is 44.3 Å². The quantitative estimate of drug-likeness (QED) is 0.866. The lowest BCUT2D eigenvalue weighted by atomic mass is 9.50. The summed E-state index contributed by atoms with van der Waals surface area (Å²) in [6.07, 6.45) is 10.7. The summed E-state index contributed by atoms with van der Waals surface area (Å²) in [6, 6.07) is 0. The highest BCUT2D eigenvalue weighted by Crippen LogP contribution is 2.61. The lowest BCUT2D eigenvalue weighted by Crippen LogP contribution is -2.47. The average Bonchev–Trinajstić information content (AvgIpc) is 2.75. The second-order valence-corrected chi connectivity index (χ2v) is 8.40. The van der Waals surface area contributed by atoms with E-state index >= 15 is 0 Å². The summed E-state index contributed by atoms with van der Waals surface area (Å²) in [6.45, 7) is 0.0847. The second-order valence-electron chi connectivity index (χ2n) is 7.46. The second kappa shape index (κ2) is 4.77. The molecule has 0 saturated heterocycles. The molecule has 20 heavy (non-hydrogen) atoms. The number of aromatic nitrogens is 2. The van der Waals surface area contributed by atoms with E-state index in [-0.39, 0.29) is 6.61 Å². The Hall–Kier alpha value is -0.480. The fourth-order valence-corrected chi connectivity index (χ4v) is 6.62. The summed E-state index contributed by atoms with van der Waals surface area (Å²) in [5.41, 5.74) is 1.52. The van der Waals surface area contributed by atoms with Crippen LogP contribution in [0.15, 0.2) is 11.4 Å². The molecule has 4 bridgehead atoms. The third-order valence-electron chi connectivity index (χ3n) is 5.88. The molecule has 0 amide bonds. The third-order valence-corrected chi connectivity index (χ3v) is 7.27. The summed E-state index contributed by atoms with van der Waals surface area (Å²) in [7, 11) is 2.01. The van der Waals surface area contributed by atoms with Crippen molar-refractivity contribution in [2.45, 2.75) is 50.3 Å². The summed E-state index contributed by atoms with van der Waals surface area (Å²) in [5.74, 6) is 4.30. The normalized spacial score (nSPS) is 38.6. The van der Waals surface area contributed by atoms with Gasteiger partial charge in [-0.25, -0.2) is 4.98 Å². The zero-order valence-corrected chi connectivity index (χ0v) is 13.0. The lowest BCUT2D eigenvalue weighted by molar-refractivity contribution is -0.0381. The van der Waals surface area contributed by atoms with E-state index in [9.17, 15) is 5.11 Å². The zero-order valence-electron chi connectivity index (χ0n) is 12.2. The molecule has 4 fully saturated rings. The largest absolute Gasteiger partial charge is 0.390 e. The Kier molecular flexibility index (Phi) is 3.15. The van der Waals surface area contributed by atoms with Crippen LogP contribution < -0.4 is 0 Å². The van der Waals surface area contributed by atoms with Crippen LogP contribution in [0.2, 0.25) is 0 Å². The molecule has 4 heteroatoms. The topological polar surface area (TPSA) is 38.0 Å². The Bertz CT molecular complexity index is 475. The number of aliphatic hydroxyl groups is 1. The van der Waals surface area contributed by atoms with Crippen molar-refractivity contribution in [3.63, 3.8) is 0 Å². The van der Waals surface area contributed by atoms with Crippen molar-refractivity contribution in [1.29, 1.82) is 0 Å². The van der Waals surface area contributed by atoms with Gasteiger partial charge in [-0.05, 0) is 61.7 Å². The molecular formula is C16H24N2OS. The first-order valence-electron chi connectivity index (χ1n) is 7.92. The van der Waals surface area contributed by atoms with E-state index in [0.717, 1.165) is 28.6 Å².